The average molecular weight is 257 g/mol. The van der Waals surface area contributed by atoms with Crippen molar-refractivity contribution in [2.45, 2.75) is 13.1 Å². The molecule has 0 atom stereocenters. The molecule has 2 aromatic heterocycles. The van der Waals surface area contributed by atoms with Crippen molar-refractivity contribution in [3.05, 3.63) is 42.2 Å². The molecule has 0 bridgehead atoms. The third-order valence-electron chi connectivity index (χ3n) is 3.30. The number of rotatable bonds is 2. The van der Waals surface area contributed by atoms with Crippen LogP contribution < -0.4 is 5.32 Å². The number of aromatic nitrogens is 3. The van der Waals surface area contributed by atoms with Crippen LogP contribution in [0.3, 0.4) is 0 Å². The maximum Gasteiger partial charge on any atom is 0.272 e. The lowest BCUT2D eigenvalue weighted by molar-refractivity contribution is 0.0701. The molecule has 6 nitrogen and oxygen atoms in total. The molecule has 1 aliphatic rings. The minimum Gasteiger partial charge on any atom is -0.387 e. The van der Waals surface area contributed by atoms with E-state index in [0.717, 1.165) is 18.1 Å². The Morgan fingerprint density at radius 3 is 2.95 bits per heavy atom. The van der Waals surface area contributed by atoms with Gasteiger partial charge in [0.25, 0.3) is 5.91 Å². The number of imidazole rings is 1. The molecule has 1 amide bonds. The Hall–Kier alpha value is -2.37. The number of nitrogens with zero attached hydrogens (tertiary/aromatic N) is 4. The van der Waals surface area contributed by atoms with Crippen molar-refractivity contribution < 1.29 is 4.79 Å². The topological polar surface area (TPSA) is 63.1 Å². The molecule has 3 heterocycles. The highest BCUT2D eigenvalue weighted by atomic mass is 16.2. The van der Waals surface area contributed by atoms with Gasteiger partial charge in [0.05, 0.1) is 18.4 Å². The van der Waals surface area contributed by atoms with E-state index in [1.165, 1.54) is 0 Å². The Balaban J connectivity index is 1.77. The Morgan fingerprint density at radius 1 is 1.32 bits per heavy atom. The van der Waals surface area contributed by atoms with Gasteiger partial charge < -0.3 is 14.8 Å². The number of pyridine rings is 1. The van der Waals surface area contributed by atoms with Gasteiger partial charge in [0.1, 0.15) is 11.5 Å². The second-order valence-electron chi connectivity index (χ2n) is 4.45. The quantitative estimate of drug-likeness (QED) is 0.871. The lowest BCUT2D eigenvalue weighted by atomic mass is 10.2. The second-order valence-corrected chi connectivity index (χ2v) is 4.45. The van der Waals surface area contributed by atoms with Crippen LogP contribution in [0.4, 0.5) is 5.69 Å². The fourth-order valence-electron chi connectivity index (χ4n) is 2.18. The molecule has 0 spiro atoms. The van der Waals surface area contributed by atoms with E-state index < -0.39 is 0 Å². The van der Waals surface area contributed by atoms with Crippen LogP contribution in [-0.2, 0) is 13.1 Å². The van der Waals surface area contributed by atoms with E-state index in [-0.39, 0.29) is 5.91 Å². The van der Waals surface area contributed by atoms with Gasteiger partial charge in [0, 0.05) is 32.5 Å². The lowest BCUT2D eigenvalue weighted by Crippen LogP contribution is -2.38. The van der Waals surface area contributed by atoms with E-state index in [4.69, 9.17) is 0 Å². The monoisotopic (exact) mass is 257 g/mol. The standard InChI is InChI=1S/C13H15N5O/c1-14-10-2-3-11(16-8-10)13(19)18-7-6-17-5-4-15-12(17)9-18/h2-5,8,14H,6-7,9H2,1H3. The number of nitrogens with one attached hydrogen (secondary N) is 1. The average Bonchev–Trinajstić information content (AvgIpc) is 2.94. The van der Waals surface area contributed by atoms with E-state index in [0.29, 0.717) is 18.8 Å². The summed E-state index contributed by atoms with van der Waals surface area (Å²) in [5, 5.41) is 2.98. The van der Waals surface area contributed by atoms with Gasteiger partial charge in [-0.1, -0.05) is 0 Å². The van der Waals surface area contributed by atoms with Gasteiger partial charge in [0.2, 0.25) is 0 Å². The summed E-state index contributed by atoms with van der Waals surface area (Å²) in [6.45, 7) is 2.02. The van der Waals surface area contributed by atoms with Crippen molar-refractivity contribution in [2.75, 3.05) is 18.9 Å². The molecular formula is C13H15N5O. The first kappa shape index (κ1) is 11.7. The van der Waals surface area contributed by atoms with Gasteiger partial charge in [-0.25, -0.2) is 9.97 Å². The number of amides is 1. The van der Waals surface area contributed by atoms with Crippen molar-refractivity contribution in [1.29, 1.82) is 0 Å². The molecule has 0 radical (unpaired) electrons. The Kier molecular flexibility index (Phi) is 2.91. The minimum absolute atomic E-state index is 0.0445. The fraction of sp³-hybridized carbons (Fsp3) is 0.308. The molecule has 3 rings (SSSR count). The van der Waals surface area contributed by atoms with Gasteiger partial charge >= 0.3 is 0 Å². The summed E-state index contributed by atoms with van der Waals surface area (Å²) >= 11 is 0. The number of carbonyl (C=O) groups is 1. The van der Waals surface area contributed by atoms with Gasteiger partial charge in [0.15, 0.2) is 0 Å². The number of hydrogen-bond donors (Lipinski definition) is 1. The van der Waals surface area contributed by atoms with Crippen molar-refractivity contribution in [2.24, 2.45) is 0 Å². The number of anilines is 1. The van der Waals surface area contributed by atoms with Gasteiger partial charge in [-0.15, -0.1) is 0 Å². The first-order valence-corrected chi connectivity index (χ1v) is 6.21. The van der Waals surface area contributed by atoms with Gasteiger partial charge in [-0.05, 0) is 12.1 Å². The van der Waals surface area contributed by atoms with Crippen molar-refractivity contribution in [3.8, 4) is 0 Å². The summed E-state index contributed by atoms with van der Waals surface area (Å²) < 4.78 is 2.07. The third kappa shape index (κ3) is 2.16. The van der Waals surface area contributed by atoms with Crippen LogP contribution in [-0.4, -0.2) is 38.9 Å². The highest BCUT2D eigenvalue weighted by molar-refractivity contribution is 5.92. The van der Waals surface area contributed by atoms with Gasteiger partial charge in [-0.3, -0.25) is 4.79 Å². The summed E-state index contributed by atoms with van der Waals surface area (Å²) in [5.74, 6) is 0.878. The normalized spacial score (nSPS) is 14.1. The van der Waals surface area contributed by atoms with Crippen molar-refractivity contribution in [1.82, 2.24) is 19.4 Å². The maximum absolute atomic E-state index is 12.3. The highest BCUT2D eigenvalue weighted by Gasteiger charge is 2.22. The number of carbonyl (C=O) groups excluding carboxylic acids is 1. The zero-order valence-electron chi connectivity index (χ0n) is 10.7. The molecule has 2 aromatic rings. The predicted octanol–water partition coefficient (Wildman–Crippen LogP) is 0.976. The number of hydrogen-bond acceptors (Lipinski definition) is 4. The van der Waals surface area contributed by atoms with Crippen LogP contribution in [0.2, 0.25) is 0 Å². The summed E-state index contributed by atoms with van der Waals surface area (Å²) in [4.78, 5) is 22.6. The predicted molar refractivity (Wildman–Crippen MR) is 70.8 cm³/mol. The van der Waals surface area contributed by atoms with Crippen LogP contribution in [0.15, 0.2) is 30.7 Å². The molecule has 0 saturated heterocycles. The molecule has 0 saturated carbocycles. The van der Waals surface area contributed by atoms with Gasteiger partial charge in [-0.2, -0.15) is 0 Å². The fourth-order valence-corrected chi connectivity index (χ4v) is 2.18. The first-order valence-electron chi connectivity index (χ1n) is 6.21. The molecule has 1 N–H and O–H groups in total. The molecule has 1 aliphatic heterocycles. The molecule has 0 aliphatic carbocycles. The first-order chi connectivity index (χ1) is 9.28. The summed E-state index contributed by atoms with van der Waals surface area (Å²) in [6.07, 6.45) is 5.37. The van der Waals surface area contributed by atoms with E-state index in [1.54, 1.807) is 23.4 Å². The van der Waals surface area contributed by atoms with Crippen LogP contribution in [0.1, 0.15) is 16.3 Å². The molecule has 6 heteroatoms. The molecule has 0 unspecified atom stereocenters. The maximum atomic E-state index is 12.3. The lowest BCUT2D eigenvalue weighted by Gasteiger charge is -2.27. The second kappa shape index (κ2) is 4.72. The molecule has 0 aromatic carbocycles. The zero-order valence-corrected chi connectivity index (χ0v) is 10.7. The Morgan fingerprint density at radius 2 is 2.21 bits per heavy atom. The Labute approximate surface area is 111 Å². The van der Waals surface area contributed by atoms with E-state index in [1.807, 2.05) is 19.3 Å². The number of fused-ring (bicyclic) bond motifs is 1. The van der Waals surface area contributed by atoms with Crippen molar-refractivity contribution >= 4 is 11.6 Å². The molecule has 19 heavy (non-hydrogen) atoms. The van der Waals surface area contributed by atoms with E-state index >= 15 is 0 Å². The van der Waals surface area contributed by atoms with Crippen molar-refractivity contribution in [3.63, 3.8) is 0 Å². The Bertz CT molecular complexity index is 589. The van der Waals surface area contributed by atoms with Crippen LogP contribution >= 0.6 is 0 Å². The molecular weight excluding hydrogens is 242 g/mol. The SMILES string of the molecule is CNc1ccc(C(=O)N2CCn3ccnc3C2)nc1. The summed E-state index contributed by atoms with van der Waals surface area (Å²) in [5.41, 5.74) is 1.37. The zero-order chi connectivity index (χ0) is 13.2. The van der Waals surface area contributed by atoms with Crippen LogP contribution in [0.5, 0.6) is 0 Å². The molecule has 0 fully saturated rings. The third-order valence-corrected chi connectivity index (χ3v) is 3.30. The largest absolute Gasteiger partial charge is 0.387 e. The summed E-state index contributed by atoms with van der Waals surface area (Å²) in [7, 11) is 1.82. The minimum atomic E-state index is -0.0445. The highest BCUT2D eigenvalue weighted by Crippen LogP contribution is 2.14. The molecule has 98 valence electrons. The van der Waals surface area contributed by atoms with Crippen LogP contribution in [0.25, 0.3) is 0 Å². The van der Waals surface area contributed by atoms with E-state index in [9.17, 15) is 4.79 Å². The smallest absolute Gasteiger partial charge is 0.272 e. The van der Waals surface area contributed by atoms with E-state index in [2.05, 4.69) is 19.9 Å². The van der Waals surface area contributed by atoms with Crippen LogP contribution in [0, 0.1) is 0 Å². The summed E-state index contributed by atoms with van der Waals surface area (Å²) in [6, 6.07) is 3.60.